The van der Waals surface area contributed by atoms with Gasteiger partial charge in [-0.1, -0.05) is 23.8 Å². The first-order chi connectivity index (χ1) is 12.3. The van der Waals surface area contributed by atoms with Crippen LogP contribution in [0.5, 0.6) is 0 Å². The predicted octanol–water partition coefficient (Wildman–Crippen LogP) is 2.39. The second kappa shape index (κ2) is 9.52. The first-order valence-electron chi connectivity index (χ1n) is 8.72. The van der Waals surface area contributed by atoms with Crippen LogP contribution in [-0.2, 0) is 25.1 Å². The maximum Gasteiger partial charge on any atom is 0.338 e. The van der Waals surface area contributed by atoms with Crippen molar-refractivity contribution >= 4 is 21.7 Å². The number of allylic oxidation sites excluding steroid dienone is 1. The molecule has 1 aliphatic rings. The van der Waals surface area contributed by atoms with Gasteiger partial charge in [0.25, 0.3) is 5.91 Å². The lowest BCUT2D eigenvalue weighted by Crippen LogP contribution is -2.29. The number of hydrogen-bond acceptors (Lipinski definition) is 5. The molecular weight excluding hydrogens is 354 g/mol. The summed E-state index contributed by atoms with van der Waals surface area (Å²) in [6.45, 7) is 0.214. The van der Waals surface area contributed by atoms with E-state index >= 15 is 0 Å². The lowest BCUT2D eigenvalue weighted by atomic mass is 9.97. The summed E-state index contributed by atoms with van der Waals surface area (Å²) in [6, 6.07) is 6.12. The Morgan fingerprint density at radius 2 is 1.88 bits per heavy atom. The number of benzene rings is 1. The molecule has 1 aliphatic carbocycles. The van der Waals surface area contributed by atoms with Gasteiger partial charge in [-0.2, -0.15) is 0 Å². The molecule has 0 saturated carbocycles. The number of hydrogen-bond donors (Lipinski definition) is 1. The molecule has 7 heteroatoms. The lowest BCUT2D eigenvalue weighted by Gasteiger charge is -2.13. The summed E-state index contributed by atoms with van der Waals surface area (Å²) in [4.78, 5) is 23.7. The van der Waals surface area contributed by atoms with Gasteiger partial charge in [0.05, 0.1) is 11.3 Å². The fourth-order valence-electron chi connectivity index (χ4n) is 2.80. The highest BCUT2D eigenvalue weighted by Gasteiger charge is 2.11. The van der Waals surface area contributed by atoms with Gasteiger partial charge >= 0.3 is 5.97 Å². The minimum atomic E-state index is -3.12. The Hall–Kier alpha value is -2.15. The van der Waals surface area contributed by atoms with Crippen LogP contribution in [0.15, 0.2) is 35.9 Å². The van der Waals surface area contributed by atoms with Crippen LogP contribution in [0.4, 0.5) is 0 Å². The molecule has 2 rings (SSSR count). The number of esters is 1. The van der Waals surface area contributed by atoms with Crippen molar-refractivity contribution < 1.29 is 22.7 Å². The van der Waals surface area contributed by atoms with E-state index in [1.54, 1.807) is 12.1 Å². The molecule has 0 saturated heterocycles. The molecule has 1 aromatic rings. The van der Waals surface area contributed by atoms with Crippen LogP contribution in [0.25, 0.3) is 0 Å². The summed E-state index contributed by atoms with van der Waals surface area (Å²) in [5.74, 6) is -1.02. The van der Waals surface area contributed by atoms with E-state index in [1.807, 2.05) is 0 Å². The maximum atomic E-state index is 11.9. The van der Waals surface area contributed by atoms with Crippen molar-refractivity contribution in [2.24, 2.45) is 0 Å². The molecule has 6 nitrogen and oxygen atoms in total. The van der Waals surface area contributed by atoms with E-state index in [1.165, 1.54) is 30.5 Å². The Bertz CT molecular complexity index is 766. The summed E-state index contributed by atoms with van der Waals surface area (Å²) in [5, 5.41) is 2.75. The van der Waals surface area contributed by atoms with Crippen molar-refractivity contribution in [3.63, 3.8) is 0 Å². The molecule has 0 unspecified atom stereocenters. The van der Waals surface area contributed by atoms with Crippen molar-refractivity contribution in [1.29, 1.82) is 0 Å². The van der Waals surface area contributed by atoms with Crippen molar-refractivity contribution in [2.75, 3.05) is 19.4 Å². The Balaban J connectivity index is 1.71. The highest BCUT2D eigenvalue weighted by atomic mass is 32.2. The van der Waals surface area contributed by atoms with E-state index in [4.69, 9.17) is 4.74 Å². The molecule has 1 aromatic carbocycles. The Morgan fingerprint density at radius 3 is 2.50 bits per heavy atom. The standard InChI is InChI=1S/C19H25NO5S/c1-26(23,24)14-16-7-9-17(10-8-16)19(22)25-13-18(21)20-12-11-15-5-3-2-4-6-15/h5,7-10H,2-4,6,11-14H2,1H3,(H,20,21). The van der Waals surface area contributed by atoms with Crippen LogP contribution in [0.3, 0.4) is 0 Å². The van der Waals surface area contributed by atoms with Gasteiger partial charge in [0, 0.05) is 12.8 Å². The molecule has 0 aromatic heterocycles. The SMILES string of the molecule is CS(=O)(=O)Cc1ccc(C(=O)OCC(=O)NCCC2=CCCCC2)cc1. The molecular formula is C19H25NO5S. The Kier molecular flexibility index (Phi) is 7.38. The highest BCUT2D eigenvalue weighted by molar-refractivity contribution is 7.89. The van der Waals surface area contributed by atoms with Gasteiger partial charge in [-0.25, -0.2) is 13.2 Å². The van der Waals surface area contributed by atoms with Gasteiger partial charge in [-0.15, -0.1) is 0 Å². The van der Waals surface area contributed by atoms with E-state index in [-0.39, 0.29) is 23.8 Å². The number of amides is 1. The van der Waals surface area contributed by atoms with Crippen LogP contribution in [0.1, 0.15) is 48.0 Å². The first-order valence-corrected chi connectivity index (χ1v) is 10.8. The van der Waals surface area contributed by atoms with Gasteiger partial charge in [-0.05, 0) is 49.8 Å². The van der Waals surface area contributed by atoms with E-state index in [9.17, 15) is 18.0 Å². The minimum Gasteiger partial charge on any atom is -0.452 e. The third kappa shape index (κ3) is 7.39. The fourth-order valence-corrected chi connectivity index (χ4v) is 3.60. The van der Waals surface area contributed by atoms with Crippen LogP contribution in [0, 0.1) is 0 Å². The fraction of sp³-hybridized carbons (Fsp3) is 0.474. The Labute approximate surface area is 154 Å². The number of carbonyl (C=O) groups is 2. The van der Waals surface area contributed by atoms with Crippen LogP contribution in [-0.4, -0.2) is 39.7 Å². The first kappa shape index (κ1) is 20.2. The third-order valence-electron chi connectivity index (χ3n) is 4.11. The zero-order valence-corrected chi connectivity index (χ0v) is 15.8. The molecule has 0 heterocycles. The van der Waals surface area contributed by atoms with Crippen molar-refractivity contribution in [2.45, 2.75) is 37.9 Å². The van der Waals surface area contributed by atoms with Gasteiger partial charge < -0.3 is 10.1 Å². The van der Waals surface area contributed by atoms with Gasteiger partial charge in [0.1, 0.15) is 0 Å². The van der Waals surface area contributed by atoms with Gasteiger partial charge in [0.15, 0.2) is 16.4 Å². The molecule has 0 fully saturated rings. The van der Waals surface area contributed by atoms with Crippen molar-refractivity contribution in [3.05, 3.63) is 47.0 Å². The molecule has 0 atom stereocenters. The summed E-state index contributed by atoms with van der Waals surface area (Å²) in [7, 11) is -3.12. The molecule has 0 aliphatic heterocycles. The number of nitrogens with one attached hydrogen (secondary N) is 1. The van der Waals surface area contributed by atoms with E-state index in [0.717, 1.165) is 25.5 Å². The second-order valence-electron chi connectivity index (χ2n) is 6.55. The van der Waals surface area contributed by atoms with Crippen molar-refractivity contribution in [1.82, 2.24) is 5.32 Å². The molecule has 0 spiro atoms. The quantitative estimate of drug-likeness (QED) is 0.553. The van der Waals surface area contributed by atoms with E-state index in [2.05, 4.69) is 11.4 Å². The largest absolute Gasteiger partial charge is 0.452 e. The summed E-state index contributed by atoms with van der Waals surface area (Å²) >= 11 is 0. The lowest BCUT2D eigenvalue weighted by molar-refractivity contribution is -0.124. The summed E-state index contributed by atoms with van der Waals surface area (Å²) in [6.07, 6.45) is 8.88. The monoisotopic (exact) mass is 379 g/mol. The van der Waals surface area contributed by atoms with Gasteiger partial charge in [-0.3, -0.25) is 4.79 Å². The van der Waals surface area contributed by atoms with Crippen LogP contribution >= 0.6 is 0 Å². The second-order valence-corrected chi connectivity index (χ2v) is 8.69. The Morgan fingerprint density at radius 1 is 1.15 bits per heavy atom. The minimum absolute atomic E-state index is 0.0822. The predicted molar refractivity (Wildman–Crippen MR) is 99.5 cm³/mol. The van der Waals surface area contributed by atoms with Crippen molar-refractivity contribution in [3.8, 4) is 0 Å². The zero-order chi connectivity index (χ0) is 19.0. The van der Waals surface area contributed by atoms with Crippen LogP contribution < -0.4 is 5.32 Å². The molecule has 142 valence electrons. The summed E-state index contributed by atoms with van der Waals surface area (Å²) in [5.41, 5.74) is 2.25. The molecule has 0 bridgehead atoms. The molecule has 1 amide bonds. The van der Waals surface area contributed by atoms with E-state index < -0.39 is 15.8 Å². The molecule has 0 radical (unpaired) electrons. The van der Waals surface area contributed by atoms with Gasteiger partial charge in [0.2, 0.25) is 0 Å². The van der Waals surface area contributed by atoms with Crippen LogP contribution in [0.2, 0.25) is 0 Å². The number of ether oxygens (including phenoxy) is 1. The van der Waals surface area contributed by atoms with E-state index in [0.29, 0.717) is 12.1 Å². The molecule has 1 N–H and O–H groups in total. The normalized spacial score (nSPS) is 14.4. The average Bonchev–Trinajstić information content (AvgIpc) is 2.60. The third-order valence-corrected chi connectivity index (χ3v) is 4.96. The number of carbonyl (C=O) groups excluding carboxylic acids is 2. The highest BCUT2D eigenvalue weighted by Crippen LogP contribution is 2.19. The average molecular weight is 379 g/mol. The molecule has 26 heavy (non-hydrogen) atoms. The smallest absolute Gasteiger partial charge is 0.338 e. The topological polar surface area (TPSA) is 89.5 Å². The zero-order valence-electron chi connectivity index (χ0n) is 15.0. The number of sulfone groups is 1. The summed E-state index contributed by atoms with van der Waals surface area (Å²) < 4.78 is 27.5. The number of rotatable bonds is 8. The maximum absolute atomic E-state index is 11.9.